The minimum Gasteiger partial charge on any atom is -0.508 e. The maximum absolute atomic E-state index is 9.75. The van der Waals surface area contributed by atoms with Crippen molar-refractivity contribution in [1.29, 1.82) is 5.26 Å². The molecule has 0 heterocycles. The average Bonchev–Trinajstić information content (AvgIpc) is 2.47. The zero-order valence-corrected chi connectivity index (χ0v) is 10.6. The molecule has 19 heavy (non-hydrogen) atoms. The second-order valence-electron chi connectivity index (χ2n) is 4.04. The standard InChI is InChI=1S/C15H14N2O2/c1-19-14-6-7-15(18)12(8-14)10-17-13-4-2-11(9-16)3-5-13/h2-8,17-18H,10H2,1H3. The quantitative estimate of drug-likeness (QED) is 0.880. The molecule has 96 valence electrons. The lowest BCUT2D eigenvalue weighted by Gasteiger charge is -2.09. The summed E-state index contributed by atoms with van der Waals surface area (Å²) in [5, 5.41) is 21.6. The summed E-state index contributed by atoms with van der Waals surface area (Å²) < 4.78 is 5.12. The van der Waals surface area contributed by atoms with Crippen LogP contribution in [0.25, 0.3) is 0 Å². The number of nitrogens with one attached hydrogen (secondary N) is 1. The molecule has 0 radical (unpaired) electrons. The predicted molar refractivity (Wildman–Crippen MR) is 73.1 cm³/mol. The summed E-state index contributed by atoms with van der Waals surface area (Å²) in [6.45, 7) is 0.481. The molecule has 2 aromatic carbocycles. The fraction of sp³-hybridized carbons (Fsp3) is 0.133. The second kappa shape index (κ2) is 5.78. The van der Waals surface area contributed by atoms with E-state index in [4.69, 9.17) is 10.00 Å². The van der Waals surface area contributed by atoms with Gasteiger partial charge in [0.2, 0.25) is 0 Å². The Bertz CT molecular complexity index is 601. The van der Waals surface area contributed by atoms with Crippen LogP contribution in [0.15, 0.2) is 42.5 Å². The summed E-state index contributed by atoms with van der Waals surface area (Å²) in [5.41, 5.74) is 2.26. The van der Waals surface area contributed by atoms with Crippen molar-refractivity contribution in [1.82, 2.24) is 0 Å². The smallest absolute Gasteiger partial charge is 0.120 e. The Hall–Kier alpha value is -2.67. The molecule has 4 nitrogen and oxygen atoms in total. The number of benzene rings is 2. The van der Waals surface area contributed by atoms with E-state index in [0.717, 1.165) is 11.3 Å². The summed E-state index contributed by atoms with van der Waals surface area (Å²) in [5.74, 6) is 0.927. The average molecular weight is 254 g/mol. The zero-order valence-electron chi connectivity index (χ0n) is 10.6. The van der Waals surface area contributed by atoms with Crippen molar-refractivity contribution in [2.45, 2.75) is 6.54 Å². The molecular weight excluding hydrogens is 240 g/mol. The number of aromatic hydroxyl groups is 1. The first-order valence-corrected chi connectivity index (χ1v) is 5.83. The maximum Gasteiger partial charge on any atom is 0.120 e. The van der Waals surface area contributed by atoms with Crippen LogP contribution in [0, 0.1) is 11.3 Å². The Morgan fingerprint density at radius 2 is 1.95 bits per heavy atom. The molecule has 0 bridgehead atoms. The van der Waals surface area contributed by atoms with Crippen molar-refractivity contribution in [3.05, 3.63) is 53.6 Å². The largest absolute Gasteiger partial charge is 0.508 e. The molecule has 2 aromatic rings. The van der Waals surface area contributed by atoms with Gasteiger partial charge in [0.05, 0.1) is 18.7 Å². The molecule has 0 unspecified atom stereocenters. The number of hydrogen-bond acceptors (Lipinski definition) is 4. The summed E-state index contributed by atoms with van der Waals surface area (Å²) in [4.78, 5) is 0. The molecule has 0 amide bonds. The molecule has 4 heteroatoms. The van der Waals surface area contributed by atoms with E-state index in [9.17, 15) is 5.11 Å². The van der Waals surface area contributed by atoms with Crippen LogP contribution < -0.4 is 10.1 Å². The highest BCUT2D eigenvalue weighted by Crippen LogP contribution is 2.23. The number of hydrogen-bond donors (Lipinski definition) is 2. The number of nitrogens with zero attached hydrogens (tertiary/aromatic N) is 1. The monoisotopic (exact) mass is 254 g/mol. The van der Waals surface area contributed by atoms with Crippen molar-refractivity contribution in [3.8, 4) is 17.6 Å². The zero-order chi connectivity index (χ0) is 13.7. The highest BCUT2D eigenvalue weighted by molar-refractivity contribution is 5.49. The minimum atomic E-state index is 0.224. The van der Waals surface area contributed by atoms with E-state index in [1.54, 1.807) is 37.4 Å². The fourth-order valence-electron chi connectivity index (χ4n) is 1.69. The van der Waals surface area contributed by atoms with Gasteiger partial charge >= 0.3 is 0 Å². The SMILES string of the molecule is COc1ccc(O)c(CNc2ccc(C#N)cc2)c1. The lowest BCUT2D eigenvalue weighted by Crippen LogP contribution is -2.00. The van der Waals surface area contributed by atoms with Crippen LogP contribution in [-0.2, 0) is 6.54 Å². The van der Waals surface area contributed by atoms with E-state index in [2.05, 4.69) is 11.4 Å². The summed E-state index contributed by atoms with van der Waals surface area (Å²) >= 11 is 0. The first-order chi connectivity index (χ1) is 9.22. The van der Waals surface area contributed by atoms with E-state index < -0.39 is 0 Å². The Morgan fingerprint density at radius 1 is 1.21 bits per heavy atom. The van der Waals surface area contributed by atoms with Gasteiger partial charge in [0.15, 0.2) is 0 Å². The molecule has 0 atom stereocenters. The van der Waals surface area contributed by atoms with Crippen LogP contribution in [0.3, 0.4) is 0 Å². The van der Waals surface area contributed by atoms with Crippen molar-refractivity contribution < 1.29 is 9.84 Å². The van der Waals surface area contributed by atoms with Crippen LogP contribution >= 0.6 is 0 Å². The summed E-state index contributed by atoms with van der Waals surface area (Å²) in [6.07, 6.45) is 0. The van der Waals surface area contributed by atoms with Crippen molar-refractivity contribution >= 4 is 5.69 Å². The number of phenolic OH excluding ortho intramolecular Hbond substituents is 1. The van der Waals surface area contributed by atoms with E-state index in [1.165, 1.54) is 0 Å². The Kier molecular flexibility index (Phi) is 3.89. The molecule has 0 aliphatic heterocycles. The number of ether oxygens (including phenoxy) is 1. The fourth-order valence-corrected chi connectivity index (χ4v) is 1.69. The highest BCUT2D eigenvalue weighted by Gasteiger charge is 2.03. The van der Waals surface area contributed by atoms with Crippen LogP contribution in [0.4, 0.5) is 5.69 Å². The van der Waals surface area contributed by atoms with Gasteiger partial charge in [-0.1, -0.05) is 0 Å². The molecule has 2 N–H and O–H groups in total. The predicted octanol–water partition coefficient (Wildman–Crippen LogP) is 2.88. The van der Waals surface area contributed by atoms with Gasteiger partial charge in [-0.15, -0.1) is 0 Å². The Balaban J connectivity index is 2.07. The third-order valence-electron chi connectivity index (χ3n) is 2.78. The molecule has 0 saturated carbocycles. The number of methoxy groups -OCH3 is 1. The Morgan fingerprint density at radius 3 is 2.58 bits per heavy atom. The normalized spacial score (nSPS) is 9.68. The maximum atomic E-state index is 9.75. The van der Waals surface area contributed by atoms with Gasteiger partial charge in [0.25, 0.3) is 0 Å². The molecule has 0 spiro atoms. The van der Waals surface area contributed by atoms with Crippen LogP contribution in [0.1, 0.15) is 11.1 Å². The molecule has 2 rings (SSSR count). The van der Waals surface area contributed by atoms with E-state index >= 15 is 0 Å². The summed E-state index contributed by atoms with van der Waals surface area (Å²) in [7, 11) is 1.59. The van der Waals surface area contributed by atoms with Gasteiger partial charge in [0, 0.05) is 17.8 Å². The lowest BCUT2D eigenvalue weighted by molar-refractivity contribution is 0.411. The topological polar surface area (TPSA) is 65.3 Å². The minimum absolute atomic E-state index is 0.224. The van der Waals surface area contributed by atoms with Crippen LogP contribution in [0.5, 0.6) is 11.5 Å². The van der Waals surface area contributed by atoms with Gasteiger partial charge in [-0.3, -0.25) is 0 Å². The van der Waals surface area contributed by atoms with Gasteiger partial charge < -0.3 is 15.2 Å². The first-order valence-electron chi connectivity index (χ1n) is 5.83. The Labute approximate surface area is 111 Å². The van der Waals surface area contributed by atoms with Gasteiger partial charge in [-0.05, 0) is 42.5 Å². The number of nitriles is 1. The number of anilines is 1. The number of phenols is 1. The second-order valence-corrected chi connectivity index (χ2v) is 4.04. The lowest BCUT2D eigenvalue weighted by atomic mass is 10.1. The van der Waals surface area contributed by atoms with Gasteiger partial charge in [0.1, 0.15) is 11.5 Å². The van der Waals surface area contributed by atoms with Crippen LogP contribution in [0.2, 0.25) is 0 Å². The first kappa shape index (κ1) is 12.8. The highest BCUT2D eigenvalue weighted by atomic mass is 16.5. The van der Waals surface area contributed by atoms with Gasteiger partial charge in [-0.25, -0.2) is 0 Å². The molecular formula is C15H14N2O2. The molecule has 0 saturated heterocycles. The van der Waals surface area contributed by atoms with E-state index in [-0.39, 0.29) is 5.75 Å². The molecule has 0 aliphatic carbocycles. The summed E-state index contributed by atoms with van der Waals surface area (Å²) in [6, 6.07) is 14.3. The third kappa shape index (κ3) is 3.17. The molecule has 0 fully saturated rings. The van der Waals surface area contributed by atoms with E-state index in [0.29, 0.717) is 17.9 Å². The van der Waals surface area contributed by atoms with Gasteiger partial charge in [-0.2, -0.15) is 5.26 Å². The molecule has 0 aliphatic rings. The third-order valence-corrected chi connectivity index (χ3v) is 2.78. The van der Waals surface area contributed by atoms with Crippen molar-refractivity contribution in [2.75, 3.05) is 12.4 Å². The van der Waals surface area contributed by atoms with E-state index in [1.807, 2.05) is 12.1 Å². The molecule has 0 aromatic heterocycles. The number of rotatable bonds is 4. The van der Waals surface area contributed by atoms with Crippen LogP contribution in [-0.4, -0.2) is 12.2 Å². The van der Waals surface area contributed by atoms with Crippen molar-refractivity contribution in [3.63, 3.8) is 0 Å². The van der Waals surface area contributed by atoms with Crippen molar-refractivity contribution in [2.24, 2.45) is 0 Å².